The number of piperidine rings is 2. The molecular formula is C13H23N3. The minimum absolute atomic E-state index is 0.744. The van der Waals surface area contributed by atoms with Crippen LogP contribution in [-0.4, -0.2) is 36.2 Å². The van der Waals surface area contributed by atoms with Gasteiger partial charge in [-0.1, -0.05) is 6.42 Å². The molecule has 2 aliphatic heterocycles. The summed E-state index contributed by atoms with van der Waals surface area (Å²) in [6, 6.07) is 2.27. The smallest absolute Gasteiger partial charge is 0.0621 e. The van der Waals surface area contributed by atoms with E-state index in [-0.39, 0.29) is 0 Å². The molecule has 2 fully saturated rings. The normalized spacial score (nSPS) is 25.4. The molecule has 0 spiro atoms. The van der Waals surface area contributed by atoms with Crippen LogP contribution in [0, 0.1) is 17.2 Å². The molecule has 0 saturated carbocycles. The summed E-state index contributed by atoms with van der Waals surface area (Å²) in [6.45, 7) is 4.97. The maximum atomic E-state index is 8.58. The Labute approximate surface area is 99.0 Å². The third-order valence-electron chi connectivity index (χ3n) is 3.99. The molecule has 0 atom stereocenters. The first kappa shape index (κ1) is 11.9. The molecular weight excluding hydrogens is 198 g/mol. The molecule has 0 aliphatic carbocycles. The van der Waals surface area contributed by atoms with Crippen LogP contribution in [-0.2, 0) is 0 Å². The monoisotopic (exact) mass is 221 g/mol. The zero-order valence-corrected chi connectivity index (χ0v) is 10.2. The van der Waals surface area contributed by atoms with E-state index in [9.17, 15) is 0 Å². The highest BCUT2D eigenvalue weighted by molar-refractivity contribution is 4.77. The van der Waals surface area contributed by atoms with E-state index < -0.39 is 0 Å². The second-order valence-electron chi connectivity index (χ2n) is 5.11. The van der Waals surface area contributed by atoms with E-state index in [0.29, 0.717) is 0 Å². The molecule has 0 amide bonds. The lowest BCUT2D eigenvalue weighted by Crippen LogP contribution is -2.49. The molecule has 2 rings (SSSR count). The fourth-order valence-electron chi connectivity index (χ4n) is 2.92. The summed E-state index contributed by atoms with van der Waals surface area (Å²) in [4.78, 5) is 0. The largest absolute Gasteiger partial charge is 0.242 e. The Morgan fingerprint density at radius 2 is 1.56 bits per heavy atom. The zero-order chi connectivity index (χ0) is 11.2. The van der Waals surface area contributed by atoms with Crippen molar-refractivity contribution in [1.82, 2.24) is 10.0 Å². The van der Waals surface area contributed by atoms with E-state index in [1.165, 1.54) is 58.3 Å². The molecule has 2 heterocycles. The number of rotatable bonds is 3. The summed E-state index contributed by atoms with van der Waals surface area (Å²) in [6.07, 6.45) is 8.59. The second-order valence-corrected chi connectivity index (χ2v) is 5.11. The van der Waals surface area contributed by atoms with Crippen molar-refractivity contribution in [2.75, 3.05) is 26.2 Å². The van der Waals surface area contributed by atoms with Gasteiger partial charge in [0.15, 0.2) is 0 Å². The number of hydrogen-bond donors (Lipinski definition) is 0. The Hall–Kier alpha value is -0.590. The van der Waals surface area contributed by atoms with Gasteiger partial charge in [-0.25, -0.2) is 10.0 Å². The summed E-state index contributed by atoms with van der Waals surface area (Å²) < 4.78 is 0. The summed E-state index contributed by atoms with van der Waals surface area (Å²) >= 11 is 0. The van der Waals surface area contributed by atoms with Crippen LogP contribution in [0.3, 0.4) is 0 Å². The van der Waals surface area contributed by atoms with Gasteiger partial charge in [0.2, 0.25) is 0 Å². The second kappa shape index (κ2) is 6.22. The van der Waals surface area contributed by atoms with Gasteiger partial charge in [-0.3, -0.25) is 0 Å². The highest BCUT2D eigenvalue weighted by Crippen LogP contribution is 2.24. The Morgan fingerprint density at radius 1 is 0.938 bits per heavy atom. The van der Waals surface area contributed by atoms with Crippen molar-refractivity contribution < 1.29 is 0 Å². The van der Waals surface area contributed by atoms with E-state index in [2.05, 4.69) is 16.1 Å². The van der Waals surface area contributed by atoms with Crippen LogP contribution >= 0.6 is 0 Å². The minimum Gasteiger partial charge on any atom is -0.242 e. The molecule has 90 valence electrons. The molecule has 16 heavy (non-hydrogen) atoms. The van der Waals surface area contributed by atoms with Gasteiger partial charge in [-0.2, -0.15) is 5.26 Å². The molecule has 0 aromatic carbocycles. The van der Waals surface area contributed by atoms with E-state index >= 15 is 0 Å². The number of hydrogen-bond acceptors (Lipinski definition) is 3. The number of nitriles is 1. The lowest BCUT2D eigenvalue weighted by molar-refractivity contribution is -0.0614. The van der Waals surface area contributed by atoms with E-state index in [1.54, 1.807) is 0 Å². The average molecular weight is 221 g/mol. The van der Waals surface area contributed by atoms with Gasteiger partial charge in [-0.05, 0) is 38.0 Å². The Morgan fingerprint density at radius 3 is 2.19 bits per heavy atom. The molecule has 0 N–H and O–H groups in total. The van der Waals surface area contributed by atoms with Crippen molar-refractivity contribution in [2.24, 2.45) is 5.92 Å². The SMILES string of the molecule is N#CCCC1CCN(N2CCCCC2)CC1. The van der Waals surface area contributed by atoms with Crippen molar-refractivity contribution in [2.45, 2.75) is 44.9 Å². The molecule has 3 heteroatoms. The number of hydrazine groups is 1. The Kier molecular flexibility index (Phi) is 4.62. The summed E-state index contributed by atoms with van der Waals surface area (Å²) in [5, 5.41) is 13.7. The van der Waals surface area contributed by atoms with Gasteiger partial charge in [-0.15, -0.1) is 0 Å². The Bertz CT molecular complexity index is 232. The molecule has 2 aliphatic rings. The predicted octanol–water partition coefficient (Wildman–Crippen LogP) is 2.40. The molecule has 2 saturated heterocycles. The van der Waals surface area contributed by atoms with Crippen LogP contribution in [0.25, 0.3) is 0 Å². The molecule has 0 aromatic heterocycles. The fourth-order valence-corrected chi connectivity index (χ4v) is 2.92. The summed E-state index contributed by atoms with van der Waals surface area (Å²) in [7, 11) is 0. The molecule has 0 bridgehead atoms. The molecule has 0 unspecified atom stereocenters. The van der Waals surface area contributed by atoms with Crippen LogP contribution in [0.1, 0.15) is 44.9 Å². The average Bonchev–Trinajstić information content (AvgIpc) is 2.38. The van der Waals surface area contributed by atoms with E-state index in [1.807, 2.05) is 0 Å². The van der Waals surface area contributed by atoms with Crippen molar-refractivity contribution in [3.8, 4) is 6.07 Å². The summed E-state index contributed by atoms with van der Waals surface area (Å²) in [5.74, 6) is 0.806. The predicted molar refractivity (Wildman–Crippen MR) is 64.6 cm³/mol. The highest BCUT2D eigenvalue weighted by Gasteiger charge is 2.23. The van der Waals surface area contributed by atoms with Crippen molar-refractivity contribution >= 4 is 0 Å². The molecule has 3 nitrogen and oxygen atoms in total. The van der Waals surface area contributed by atoms with Crippen LogP contribution in [0.5, 0.6) is 0 Å². The third-order valence-corrected chi connectivity index (χ3v) is 3.99. The third kappa shape index (κ3) is 3.20. The van der Waals surface area contributed by atoms with Gasteiger partial charge in [0.1, 0.15) is 0 Å². The quantitative estimate of drug-likeness (QED) is 0.733. The standard InChI is InChI=1S/C13H23N3/c14-8-4-5-13-6-11-16(12-7-13)15-9-2-1-3-10-15/h13H,1-7,9-12H2. The fraction of sp³-hybridized carbons (Fsp3) is 0.923. The number of nitrogens with zero attached hydrogens (tertiary/aromatic N) is 3. The van der Waals surface area contributed by atoms with Gasteiger partial charge in [0.05, 0.1) is 6.07 Å². The first-order valence-corrected chi connectivity index (χ1v) is 6.77. The van der Waals surface area contributed by atoms with Crippen molar-refractivity contribution in [3.63, 3.8) is 0 Å². The topological polar surface area (TPSA) is 30.3 Å². The van der Waals surface area contributed by atoms with Gasteiger partial charge >= 0.3 is 0 Å². The first-order chi connectivity index (χ1) is 7.90. The van der Waals surface area contributed by atoms with Crippen LogP contribution in [0.15, 0.2) is 0 Å². The van der Waals surface area contributed by atoms with Gasteiger partial charge in [0, 0.05) is 32.6 Å². The van der Waals surface area contributed by atoms with E-state index in [4.69, 9.17) is 5.26 Å². The van der Waals surface area contributed by atoms with Crippen LogP contribution in [0.2, 0.25) is 0 Å². The summed E-state index contributed by atoms with van der Waals surface area (Å²) in [5.41, 5.74) is 0. The maximum Gasteiger partial charge on any atom is 0.0621 e. The van der Waals surface area contributed by atoms with Crippen LogP contribution in [0.4, 0.5) is 0 Å². The van der Waals surface area contributed by atoms with Crippen LogP contribution < -0.4 is 0 Å². The lowest BCUT2D eigenvalue weighted by atomic mass is 9.93. The van der Waals surface area contributed by atoms with Crippen molar-refractivity contribution in [1.29, 1.82) is 5.26 Å². The molecule has 0 radical (unpaired) electrons. The maximum absolute atomic E-state index is 8.58. The first-order valence-electron chi connectivity index (χ1n) is 6.77. The molecule has 0 aromatic rings. The van der Waals surface area contributed by atoms with E-state index in [0.717, 1.165) is 18.8 Å². The lowest BCUT2D eigenvalue weighted by Gasteiger charge is -2.41. The van der Waals surface area contributed by atoms with Gasteiger partial charge < -0.3 is 0 Å². The highest BCUT2D eigenvalue weighted by atomic mass is 15.6. The Balaban J connectivity index is 1.70. The van der Waals surface area contributed by atoms with Gasteiger partial charge in [0.25, 0.3) is 0 Å². The minimum atomic E-state index is 0.744. The van der Waals surface area contributed by atoms with Crippen molar-refractivity contribution in [3.05, 3.63) is 0 Å². The zero-order valence-electron chi connectivity index (χ0n) is 10.2.